The quantitative estimate of drug-likeness (QED) is 0.751. The van der Waals surface area contributed by atoms with Gasteiger partial charge in [0.15, 0.2) is 5.78 Å². The van der Waals surface area contributed by atoms with Gasteiger partial charge in [-0.15, -0.1) is 0 Å². The van der Waals surface area contributed by atoms with E-state index in [0.717, 1.165) is 24.0 Å². The average Bonchev–Trinajstić information content (AvgIpc) is 2.25. The molecule has 0 aliphatic rings. The second-order valence-electron chi connectivity index (χ2n) is 3.96. The lowest BCUT2D eigenvalue weighted by atomic mass is 9.93. The van der Waals surface area contributed by atoms with Gasteiger partial charge in [-0.25, -0.2) is 0 Å². The van der Waals surface area contributed by atoms with Gasteiger partial charge < -0.3 is 5.73 Å². The van der Waals surface area contributed by atoms with Crippen molar-refractivity contribution in [3.8, 4) is 0 Å². The molecular formula is C13H19NO. The van der Waals surface area contributed by atoms with Gasteiger partial charge in [-0.05, 0) is 19.4 Å². The van der Waals surface area contributed by atoms with Crippen LogP contribution in [0.2, 0.25) is 0 Å². The molecule has 0 aromatic heterocycles. The Hall–Kier alpha value is -1.15. The monoisotopic (exact) mass is 205 g/mol. The zero-order valence-electron chi connectivity index (χ0n) is 9.49. The van der Waals surface area contributed by atoms with Crippen LogP contribution >= 0.6 is 0 Å². The lowest BCUT2D eigenvalue weighted by Crippen LogP contribution is -2.23. The molecule has 0 aliphatic carbocycles. The van der Waals surface area contributed by atoms with Crippen LogP contribution < -0.4 is 5.73 Å². The normalized spacial score (nSPS) is 12.5. The molecule has 0 saturated heterocycles. The van der Waals surface area contributed by atoms with Gasteiger partial charge >= 0.3 is 0 Å². The molecule has 0 bridgehead atoms. The molecule has 1 unspecified atom stereocenters. The lowest BCUT2D eigenvalue weighted by molar-refractivity contribution is 0.0917. The SMILES string of the molecule is CCCC(CN)C(=O)c1cccc(C)c1. The Bertz CT molecular complexity index is 333. The summed E-state index contributed by atoms with van der Waals surface area (Å²) in [6, 6.07) is 7.71. The summed E-state index contributed by atoms with van der Waals surface area (Å²) in [5.41, 5.74) is 7.52. The molecule has 1 aromatic rings. The predicted molar refractivity (Wildman–Crippen MR) is 63.0 cm³/mol. The van der Waals surface area contributed by atoms with Crippen LogP contribution in [0.4, 0.5) is 0 Å². The minimum atomic E-state index is -0.0169. The van der Waals surface area contributed by atoms with Crippen molar-refractivity contribution in [3.63, 3.8) is 0 Å². The summed E-state index contributed by atoms with van der Waals surface area (Å²) in [5, 5.41) is 0. The van der Waals surface area contributed by atoms with E-state index in [-0.39, 0.29) is 11.7 Å². The summed E-state index contributed by atoms with van der Waals surface area (Å²) < 4.78 is 0. The number of rotatable bonds is 5. The number of nitrogens with two attached hydrogens (primary N) is 1. The highest BCUT2D eigenvalue weighted by atomic mass is 16.1. The van der Waals surface area contributed by atoms with Crippen molar-refractivity contribution in [2.75, 3.05) is 6.54 Å². The first-order valence-electron chi connectivity index (χ1n) is 5.50. The number of carbonyl (C=O) groups excluding carboxylic acids is 1. The highest BCUT2D eigenvalue weighted by Crippen LogP contribution is 2.14. The third kappa shape index (κ3) is 3.17. The van der Waals surface area contributed by atoms with Gasteiger partial charge in [0.05, 0.1) is 0 Å². The molecule has 2 nitrogen and oxygen atoms in total. The van der Waals surface area contributed by atoms with Crippen molar-refractivity contribution >= 4 is 5.78 Å². The molecular weight excluding hydrogens is 186 g/mol. The molecule has 0 amide bonds. The number of ketones is 1. The molecule has 2 heteroatoms. The topological polar surface area (TPSA) is 43.1 Å². The molecule has 0 spiro atoms. The van der Waals surface area contributed by atoms with Crippen molar-refractivity contribution in [2.45, 2.75) is 26.7 Å². The molecule has 2 N–H and O–H groups in total. The van der Waals surface area contributed by atoms with Crippen LogP contribution in [0.1, 0.15) is 35.7 Å². The third-order valence-electron chi connectivity index (χ3n) is 2.60. The molecule has 15 heavy (non-hydrogen) atoms. The van der Waals surface area contributed by atoms with E-state index in [1.165, 1.54) is 0 Å². The minimum Gasteiger partial charge on any atom is -0.330 e. The number of benzene rings is 1. The molecule has 1 atom stereocenters. The van der Waals surface area contributed by atoms with Crippen molar-refractivity contribution in [1.82, 2.24) is 0 Å². The minimum absolute atomic E-state index is 0.0169. The van der Waals surface area contributed by atoms with Gasteiger partial charge in [0, 0.05) is 18.0 Å². The van der Waals surface area contributed by atoms with Gasteiger partial charge in [0.1, 0.15) is 0 Å². The lowest BCUT2D eigenvalue weighted by Gasteiger charge is -2.12. The standard InChI is InChI=1S/C13H19NO/c1-3-5-12(9-14)13(15)11-7-4-6-10(2)8-11/h4,6-8,12H,3,5,9,14H2,1-2H3. The van der Waals surface area contributed by atoms with E-state index >= 15 is 0 Å². The van der Waals surface area contributed by atoms with Crippen molar-refractivity contribution in [1.29, 1.82) is 0 Å². The van der Waals surface area contributed by atoms with E-state index in [1.807, 2.05) is 31.2 Å². The fourth-order valence-corrected chi connectivity index (χ4v) is 1.74. The Labute approximate surface area is 91.5 Å². The molecule has 0 heterocycles. The number of hydrogen-bond acceptors (Lipinski definition) is 2. The Morgan fingerprint density at radius 2 is 2.20 bits per heavy atom. The molecule has 0 aliphatic heterocycles. The highest BCUT2D eigenvalue weighted by molar-refractivity contribution is 5.98. The van der Waals surface area contributed by atoms with E-state index < -0.39 is 0 Å². The number of Topliss-reactive ketones (excluding diaryl/α,β-unsaturated/α-hetero) is 1. The van der Waals surface area contributed by atoms with Crippen LogP contribution in [0.15, 0.2) is 24.3 Å². The fourth-order valence-electron chi connectivity index (χ4n) is 1.74. The Balaban J connectivity index is 2.82. The smallest absolute Gasteiger partial charge is 0.167 e. The Morgan fingerprint density at radius 1 is 1.47 bits per heavy atom. The van der Waals surface area contributed by atoms with E-state index in [9.17, 15) is 4.79 Å². The summed E-state index contributed by atoms with van der Waals surface area (Å²) in [5.74, 6) is 0.167. The van der Waals surface area contributed by atoms with Gasteiger partial charge in [0.25, 0.3) is 0 Å². The number of aryl methyl sites for hydroxylation is 1. The van der Waals surface area contributed by atoms with Crippen molar-refractivity contribution in [3.05, 3.63) is 35.4 Å². The van der Waals surface area contributed by atoms with E-state index in [2.05, 4.69) is 6.92 Å². The first-order valence-corrected chi connectivity index (χ1v) is 5.50. The zero-order chi connectivity index (χ0) is 11.3. The summed E-state index contributed by atoms with van der Waals surface area (Å²) in [4.78, 5) is 12.0. The predicted octanol–water partition coefficient (Wildman–Crippen LogP) is 2.55. The second kappa shape index (κ2) is 5.66. The molecule has 1 rings (SSSR count). The second-order valence-corrected chi connectivity index (χ2v) is 3.96. The zero-order valence-corrected chi connectivity index (χ0v) is 9.49. The summed E-state index contributed by atoms with van der Waals surface area (Å²) in [6.07, 6.45) is 1.88. The van der Waals surface area contributed by atoms with Crippen molar-refractivity contribution < 1.29 is 4.79 Å². The van der Waals surface area contributed by atoms with Gasteiger partial charge in [0.2, 0.25) is 0 Å². The van der Waals surface area contributed by atoms with Gasteiger partial charge in [-0.2, -0.15) is 0 Å². The van der Waals surface area contributed by atoms with E-state index in [1.54, 1.807) is 0 Å². The van der Waals surface area contributed by atoms with Crippen molar-refractivity contribution in [2.24, 2.45) is 11.7 Å². The van der Waals surface area contributed by atoms with Crippen LogP contribution in [0.5, 0.6) is 0 Å². The Morgan fingerprint density at radius 3 is 2.73 bits per heavy atom. The van der Waals surface area contributed by atoms with E-state index in [0.29, 0.717) is 6.54 Å². The maximum absolute atomic E-state index is 12.0. The molecule has 0 saturated carbocycles. The fraction of sp³-hybridized carbons (Fsp3) is 0.462. The molecule has 0 fully saturated rings. The van der Waals surface area contributed by atoms with Gasteiger partial charge in [-0.3, -0.25) is 4.79 Å². The number of carbonyl (C=O) groups is 1. The third-order valence-corrected chi connectivity index (χ3v) is 2.60. The molecule has 1 aromatic carbocycles. The Kier molecular flexibility index (Phi) is 4.50. The summed E-state index contributed by atoms with van der Waals surface area (Å²) in [6.45, 7) is 4.51. The highest BCUT2D eigenvalue weighted by Gasteiger charge is 2.17. The van der Waals surface area contributed by atoms with Crippen LogP contribution in [-0.4, -0.2) is 12.3 Å². The van der Waals surface area contributed by atoms with Crippen LogP contribution in [0.3, 0.4) is 0 Å². The number of hydrogen-bond donors (Lipinski definition) is 1. The van der Waals surface area contributed by atoms with Crippen LogP contribution in [0, 0.1) is 12.8 Å². The first-order chi connectivity index (χ1) is 7.19. The van der Waals surface area contributed by atoms with Crippen LogP contribution in [-0.2, 0) is 0 Å². The largest absolute Gasteiger partial charge is 0.330 e. The molecule has 0 radical (unpaired) electrons. The molecule has 82 valence electrons. The average molecular weight is 205 g/mol. The van der Waals surface area contributed by atoms with Gasteiger partial charge in [-0.1, -0.05) is 37.1 Å². The first kappa shape index (κ1) is 11.9. The summed E-state index contributed by atoms with van der Waals surface area (Å²) >= 11 is 0. The maximum Gasteiger partial charge on any atom is 0.167 e. The summed E-state index contributed by atoms with van der Waals surface area (Å²) in [7, 11) is 0. The maximum atomic E-state index is 12.0. The van der Waals surface area contributed by atoms with E-state index in [4.69, 9.17) is 5.73 Å². The van der Waals surface area contributed by atoms with Crippen LogP contribution in [0.25, 0.3) is 0 Å².